The van der Waals surface area contributed by atoms with E-state index < -0.39 is 0 Å². The minimum absolute atomic E-state index is 0.693. The molecule has 1 N–H and O–H groups in total. The number of nitrogens with one attached hydrogen (secondary N) is 1. The Labute approximate surface area is 136 Å². The zero-order chi connectivity index (χ0) is 16.1. The molecular weight excluding hydrogens is 286 g/mol. The molecular formula is C18H21N5. The maximum Gasteiger partial charge on any atom is 0.153 e. The van der Waals surface area contributed by atoms with Crippen LogP contribution in [0.15, 0.2) is 52.6 Å². The molecule has 0 radical (unpaired) electrons. The Morgan fingerprint density at radius 3 is 2.96 bits per heavy atom. The van der Waals surface area contributed by atoms with Gasteiger partial charge in [-0.1, -0.05) is 18.2 Å². The highest BCUT2D eigenvalue weighted by atomic mass is 15.3. The Kier molecular flexibility index (Phi) is 4.66. The first kappa shape index (κ1) is 15.2. The van der Waals surface area contributed by atoms with Crippen LogP contribution in [0.4, 0.5) is 11.5 Å². The number of pyridine rings is 1. The highest BCUT2D eigenvalue weighted by Crippen LogP contribution is 2.18. The van der Waals surface area contributed by atoms with Crippen molar-refractivity contribution in [3.8, 4) is 0 Å². The molecule has 0 spiro atoms. The Morgan fingerprint density at radius 1 is 1.22 bits per heavy atom. The highest BCUT2D eigenvalue weighted by molar-refractivity contribution is 5.96. The molecule has 2 aromatic rings. The molecule has 0 saturated carbocycles. The lowest BCUT2D eigenvalue weighted by Crippen LogP contribution is -2.31. The van der Waals surface area contributed by atoms with Gasteiger partial charge in [-0.2, -0.15) is 0 Å². The van der Waals surface area contributed by atoms with Crippen molar-refractivity contribution in [2.24, 2.45) is 9.98 Å². The summed E-state index contributed by atoms with van der Waals surface area (Å²) in [6, 6.07) is 12.0. The van der Waals surface area contributed by atoms with Gasteiger partial charge in [0.05, 0.1) is 19.4 Å². The molecule has 3 rings (SSSR count). The third-order valence-electron chi connectivity index (χ3n) is 3.99. The number of nitrogens with zero attached hydrogens (tertiary/aromatic N) is 4. The lowest BCUT2D eigenvalue weighted by atomic mass is 10.1. The van der Waals surface area contributed by atoms with Gasteiger partial charge in [0.1, 0.15) is 5.84 Å². The van der Waals surface area contributed by atoms with E-state index in [9.17, 15) is 0 Å². The van der Waals surface area contributed by atoms with Gasteiger partial charge in [-0.05, 0) is 43.2 Å². The molecule has 2 heterocycles. The van der Waals surface area contributed by atoms with E-state index in [1.54, 1.807) is 6.20 Å². The third-order valence-corrected chi connectivity index (χ3v) is 3.99. The molecule has 0 bridgehead atoms. The van der Waals surface area contributed by atoms with E-state index in [2.05, 4.69) is 57.2 Å². The summed E-state index contributed by atoms with van der Waals surface area (Å²) in [6.07, 6.45) is 3.56. The summed E-state index contributed by atoms with van der Waals surface area (Å²) in [4.78, 5) is 15.2. The smallest absolute Gasteiger partial charge is 0.153 e. The van der Waals surface area contributed by atoms with Crippen LogP contribution in [-0.2, 0) is 0 Å². The monoisotopic (exact) mass is 307 g/mol. The normalized spacial score (nSPS) is 14.3. The highest BCUT2D eigenvalue weighted by Gasteiger charge is 2.15. The Bertz CT molecular complexity index is 721. The van der Waals surface area contributed by atoms with Crippen LogP contribution in [-0.4, -0.2) is 41.7 Å². The second kappa shape index (κ2) is 7.05. The molecule has 0 amide bonds. The molecule has 1 aromatic heterocycles. The van der Waals surface area contributed by atoms with Crippen LogP contribution >= 0.6 is 0 Å². The molecule has 23 heavy (non-hydrogen) atoms. The number of aliphatic imine (C=N–C) groups is 2. The second-order valence-electron chi connectivity index (χ2n) is 5.52. The van der Waals surface area contributed by atoms with Crippen LogP contribution in [0.2, 0.25) is 0 Å². The average molecular weight is 307 g/mol. The van der Waals surface area contributed by atoms with Gasteiger partial charge in [-0.3, -0.25) is 4.99 Å². The fourth-order valence-electron chi connectivity index (χ4n) is 2.46. The van der Waals surface area contributed by atoms with Crippen LogP contribution in [0.1, 0.15) is 11.1 Å². The lowest BCUT2D eigenvalue weighted by molar-refractivity contribution is 0.677. The number of amidine groups is 1. The molecule has 1 aromatic carbocycles. The van der Waals surface area contributed by atoms with E-state index >= 15 is 0 Å². The van der Waals surface area contributed by atoms with Gasteiger partial charge in [-0.15, -0.1) is 0 Å². The summed E-state index contributed by atoms with van der Waals surface area (Å²) in [6.45, 7) is 6.62. The number of hydrogen-bond acceptors (Lipinski definition) is 4. The standard InChI is InChI=1S/C18H21N5/c1-14-6-5-7-16(15(14)2)21-12-18-20-10-11-23(18)13-22-17-8-3-4-9-19-17/h3-9,13,21H,10-12H2,1-2H3. The van der Waals surface area contributed by atoms with Crippen molar-refractivity contribution in [1.82, 2.24) is 9.88 Å². The summed E-state index contributed by atoms with van der Waals surface area (Å²) < 4.78 is 0. The molecule has 5 nitrogen and oxygen atoms in total. The number of hydrogen-bond donors (Lipinski definition) is 1. The van der Waals surface area contributed by atoms with E-state index in [0.29, 0.717) is 12.4 Å². The Balaban J connectivity index is 1.63. The number of benzene rings is 1. The lowest BCUT2D eigenvalue weighted by Gasteiger charge is -2.17. The molecule has 0 fully saturated rings. The average Bonchev–Trinajstić information content (AvgIpc) is 3.03. The third kappa shape index (κ3) is 3.74. The number of anilines is 1. The summed E-state index contributed by atoms with van der Waals surface area (Å²) in [5.74, 6) is 1.71. The van der Waals surface area contributed by atoms with Crippen LogP contribution in [0, 0.1) is 13.8 Å². The maximum atomic E-state index is 4.56. The largest absolute Gasteiger partial charge is 0.378 e. The van der Waals surface area contributed by atoms with Gasteiger partial charge in [0.15, 0.2) is 5.82 Å². The van der Waals surface area contributed by atoms with E-state index in [-0.39, 0.29) is 0 Å². The topological polar surface area (TPSA) is 52.9 Å². The van der Waals surface area contributed by atoms with Crippen molar-refractivity contribution >= 4 is 23.7 Å². The van der Waals surface area contributed by atoms with Crippen LogP contribution in [0.25, 0.3) is 0 Å². The van der Waals surface area contributed by atoms with E-state index in [0.717, 1.165) is 24.6 Å². The van der Waals surface area contributed by atoms with Crippen molar-refractivity contribution in [3.63, 3.8) is 0 Å². The molecule has 0 aliphatic carbocycles. The number of rotatable bonds is 5. The maximum absolute atomic E-state index is 4.56. The molecule has 118 valence electrons. The zero-order valence-electron chi connectivity index (χ0n) is 13.5. The SMILES string of the molecule is Cc1cccc(NCC2=NCCN2C=Nc2ccccn2)c1C. The molecule has 1 aliphatic rings. The summed E-state index contributed by atoms with van der Waals surface area (Å²) in [7, 11) is 0. The summed E-state index contributed by atoms with van der Waals surface area (Å²) in [5.41, 5.74) is 3.72. The first-order chi connectivity index (χ1) is 11.2. The van der Waals surface area contributed by atoms with Crippen molar-refractivity contribution < 1.29 is 0 Å². The van der Waals surface area contributed by atoms with Crippen molar-refractivity contribution in [2.45, 2.75) is 13.8 Å². The minimum atomic E-state index is 0.693. The van der Waals surface area contributed by atoms with E-state index in [4.69, 9.17) is 0 Å². The molecule has 0 saturated heterocycles. The van der Waals surface area contributed by atoms with Gasteiger partial charge in [0.25, 0.3) is 0 Å². The van der Waals surface area contributed by atoms with Gasteiger partial charge < -0.3 is 10.2 Å². The number of aromatic nitrogens is 1. The predicted octanol–water partition coefficient (Wildman–Crippen LogP) is 3.18. The van der Waals surface area contributed by atoms with Crippen LogP contribution in [0.3, 0.4) is 0 Å². The zero-order valence-corrected chi connectivity index (χ0v) is 13.5. The summed E-state index contributed by atoms with van der Waals surface area (Å²) in [5, 5.41) is 3.47. The van der Waals surface area contributed by atoms with Gasteiger partial charge in [0.2, 0.25) is 0 Å². The molecule has 0 unspecified atom stereocenters. The van der Waals surface area contributed by atoms with Gasteiger partial charge in [0, 0.05) is 18.4 Å². The Morgan fingerprint density at radius 2 is 2.13 bits per heavy atom. The van der Waals surface area contributed by atoms with Crippen molar-refractivity contribution in [3.05, 3.63) is 53.7 Å². The first-order valence-electron chi connectivity index (χ1n) is 7.79. The Hall–Kier alpha value is -2.69. The number of aryl methyl sites for hydroxylation is 1. The van der Waals surface area contributed by atoms with Crippen LogP contribution < -0.4 is 5.32 Å². The fourth-order valence-corrected chi connectivity index (χ4v) is 2.46. The quantitative estimate of drug-likeness (QED) is 0.682. The minimum Gasteiger partial charge on any atom is -0.378 e. The second-order valence-corrected chi connectivity index (χ2v) is 5.52. The van der Waals surface area contributed by atoms with Crippen molar-refractivity contribution in [2.75, 3.05) is 25.0 Å². The van der Waals surface area contributed by atoms with E-state index in [1.165, 1.54) is 11.1 Å². The molecule has 5 heteroatoms. The van der Waals surface area contributed by atoms with E-state index in [1.807, 2.05) is 24.5 Å². The van der Waals surface area contributed by atoms with Gasteiger partial charge in [-0.25, -0.2) is 9.98 Å². The van der Waals surface area contributed by atoms with Gasteiger partial charge >= 0.3 is 0 Å². The van der Waals surface area contributed by atoms with Crippen LogP contribution in [0.5, 0.6) is 0 Å². The fraction of sp³-hybridized carbons (Fsp3) is 0.278. The predicted molar refractivity (Wildman–Crippen MR) is 95.8 cm³/mol. The molecule has 0 atom stereocenters. The molecule has 1 aliphatic heterocycles. The first-order valence-corrected chi connectivity index (χ1v) is 7.79. The summed E-state index contributed by atoms with van der Waals surface area (Å²) >= 11 is 0. The van der Waals surface area contributed by atoms with Crippen molar-refractivity contribution in [1.29, 1.82) is 0 Å².